The molecule has 0 atom stereocenters. The van der Waals surface area contributed by atoms with E-state index in [0.717, 1.165) is 22.6 Å². The molecule has 0 fully saturated rings. The van der Waals surface area contributed by atoms with Gasteiger partial charge in [0.1, 0.15) is 5.75 Å². The van der Waals surface area contributed by atoms with E-state index in [1.807, 2.05) is 36.4 Å². The first kappa shape index (κ1) is 10.6. The summed E-state index contributed by atoms with van der Waals surface area (Å²) in [6.45, 7) is -0.00476. The van der Waals surface area contributed by atoms with Crippen LogP contribution >= 0.6 is 0 Å². The zero-order valence-electron chi connectivity index (χ0n) is 9.05. The Hall–Kier alpha value is -1.87. The standard InChI is InChI=1S/C13H13NO2/c1-16-12-6-4-10(5-7-12)13-11(9-15)3-2-8-14-13/h2-8,15H,9H2,1H3. The molecule has 0 aliphatic carbocycles. The Morgan fingerprint density at radius 3 is 2.56 bits per heavy atom. The number of aromatic nitrogens is 1. The quantitative estimate of drug-likeness (QED) is 0.853. The first-order chi connectivity index (χ1) is 7.85. The maximum Gasteiger partial charge on any atom is 0.118 e. The van der Waals surface area contributed by atoms with Crippen LogP contribution in [-0.4, -0.2) is 17.2 Å². The van der Waals surface area contributed by atoms with Crippen molar-refractivity contribution in [3.05, 3.63) is 48.2 Å². The van der Waals surface area contributed by atoms with Crippen LogP contribution in [0.5, 0.6) is 5.75 Å². The van der Waals surface area contributed by atoms with Crippen LogP contribution < -0.4 is 4.74 Å². The zero-order chi connectivity index (χ0) is 11.4. The van der Waals surface area contributed by atoms with Gasteiger partial charge in [0.15, 0.2) is 0 Å². The van der Waals surface area contributed by atoms with Crippen LogP contribution in [0.3, 0.4) is 0 Å². The van der Waals surface area contributed by atoms with Crippen molar-refractivity contribution in [2.75, 3.05) is 7.11 Å². The molecule has 16 heavy (non-hydrogen) atoms. The fourth-order valence-corrected chi connectivity index (χ4v) is 1.58. The molecule has 0 amide bonds. The van der Waals surface area contributed by atoms with E-state index in [4.69, 9.17) is 4.74 Å². The minimum absolute atomic E-state index is 0.00476. The summed E-state index contributed by atoms with van der Waals surface area (Å²) in [4.78, 5) is 4.27. The van der Waals surface area contributed by atoms with Gasteiger partial charge < -0.3 is 9.84 Å². The molecule has 1 aromatic heterocycles. The summed E-state index contributed by atoms with van der Waals surface area (Å²) in [7, 11) is 1.63. The first-order valence-electron chi connectivity index (χ1n) is 5.04. The van der Waals surface area contributed by atoms with Gasteiger partial charge in [0, 0.05) is 17.3 Å². The summed E-state index contributed by atoms with van der Waals surface area (Å²) in [6, 6.07) is 11.3. The van der Waals surface area contributed by atoms with E-state index in [1.54, 1.807) is 13.3 Å². The Morgan fingerprint density at radius 2 is 1.94 bits per heavy atom. The fourth-order valence-electron chi connectivity index (χ4n) is 1.58. The van der Waals surface area contributed by atoms with Crippen molar-refractivity contribution in [3.63, 3.8) is 0 Å². The minimum atomic E-state index is -0.00476. The van der Waals surface area contributed by atoms with Crippen molar-refractivity contribution in [1.29, 1.82) is 0 Å². The molecular formula is C13H13NO2. The lowest BCUT2D eigenvalue weighted by Crippen LogP contribution is -1.92. The number of hydrogen-bond acceptors (Lipinski definition) is 3. The summed E-state index contributed by atoms with van der Waals surface area (Å²) in [6.07, 6.45) is 1.72. The normalized spacial score (nSPS) is 10.1. The molecule has 0 spiro atoms. The van der Waals surface area contributed by atoms with Crippen LogP contribution in [0.1, 0.15) is 5.56 Å². The Bertz CT molecular complexity index is 466. The predicted octanol–water partition coefficient (Wildman–Crippen LogP) is 2.25. The van der Waals surface area contributed by atoms with Crippen LogP contribution in [0.2, 0.25) is 0 Å². The average Bonchev–Trinajstić information content (AvgIpc) is 2.39. The van der Waals surface area contributed by atoms with Gasteiger partial charge in [0.2, 0.25) is 0 Å². The zero-order valence-corrected chi connectivity index (χ0v) is 9.05. The van der Waals surface area contributed by atoms with Crippen molar-refractivity contribution in [2.45, 2.75) is 6.61 Å². The second kappa shape index (κ2) is 4.77. The van der Waals surface area contributed by atoms with Gasteiger partial charge in [-0.05, 0) is 30.3 Å². The third-order valence-corrected chi connectivity index (χ3v) is 2.43. The maximum absolute atomic E-state index is 9.22. The second-order valence-electron chi connectivity index (χ2n) is 3.40. The summed E-state index contributed by atoms with van der Waals surface area (Å²) in [5, 5.41) is 9.22. The molecule has 0 aliphatic rings. The lowest BCUT2D eigenvalue weighted by molar-refractivity contribution is 0.282. The highest BCUT2D eigenvalue weighted by atomic mass is 16.5. The summed E-state index contributed by atoms with van der Waals surface area (Å²) < 4.78 is 5.09. The number of methoxy groups -OCH3 is 1. The predicted molar refractivity (Wildman–Crippen MR) is 62.1 cm³/mol. The topological polar surface area (TPSA) is 42.4 Å². The molecule has 0 bridgehead atoms. The molecule has 0 saturated heterocycles. The van der Waals surface area contributed by atoms with E-state index in [2.05, 4.69) is 4.98 Å². The fraction of sp³-hybridized carbons (Fsp3) is 0.154. The van der Waals surface area contributed by atoms with Crippen molar-refractivity contribution < 1.29 is 9.84 Å². The highest BCUT2D eigenvalue weighted by Crippen LogP contribution is 2.23. The number of aliphatic hydroxyl groups is 1. The van der Waals surface area contributed by atoms with Crippen LogP contribution in [-0.2, 0) is 6.61 Å². The van der Waals surface area contributed by atoms with Crippen molar-refractivity contribution >= 4 is 0 Å². The van der Waals surface area contributed by atoms with Crippen molar-refractivity contribution in [1.82, 2.24) is 4.98 Å². The number of benzene rings is 1. The molecule has 0 unspecified atom stereocenters. The monoisotopic (exact) mass is 215 g/mol. The van der Waals surface area contributed by atoms with Crippen LogP contribution in [0.4, 0.5) is 0 Å². The summed E-state index contributed by atoms with van der Waals surface area (Å²) >= 11 is 0. The Labute approximate surface area is 94.3 Å². The lowest BCUT2D eigenvalue weighted by atomic mass is 10.1. The van der Waals surface area contributed by atoms with E-state index in [9.17, 15) is 5.11 Å². The third-order valence-electron chi connectivity index (χ3n) is 2.43. The van der Waals surface area contributed by atoms with Gasteiger partial charge in [-0.3, -0.25) is 4.98 Å². The van der Waals surface area contributed by atoms with Crippen molar-refractivity contribution in [3.8, 4) is 17.0 Å². The molecular weight excluding hydrogens is 202 g/mol. The molecule has 0 radical (unpaired) electrons. The molecule has 0 saturated carbocycles. The van der Waals surface area contributed by atoms with Crippen LogP contribution in [0.25, 0.3) is 11.3 Å². The van der Waals surface area contributed by atoms with E-state index < -0.39 is 0 Å². The number of pyridine rings is 1. The number of ether oxygens (including phenoxy) is 1. The molecule has 1 N–H and O–H groups in total. The second-order valence-corrected chi connectivity index (χ2v) is 3.40. The van der Waals surface area contributed by atoms with Gasteiger partial charge in [-0.15, -0.1) is 0 Å². The Morgan fingerprint density at radius 1 is 1.19 bits per heavy atom. The molecule has 1 heterocycles. The third kappa shape index (κ3) is 2.04. The maximum atomic E-state index is 9.22. The number of rotatable bonds is 3. The van der Waals surface area contributed by atoms with E-state index in [0.29, 0.717) is 0 Å². The van der Waals surface area contributed by atoms with E-state index in [-0.39, 0.29) is 6.61 Å². The summed E-state index contributed by atoms with van der Waals surface area (Å²) in [5.41, 5.74) is 2.62. The summed E-state index contributed by atoms with van der Waals surface area (Å²) in [5.74, 6) is 0.810. The van der Waals surface area contributed by atoms with Crippen molar-refractivity contribution in [2.24, 2.45) is 0 Å². The number of aliphatic hydroxyl groups excluding tert-OH is 1. The lowest BCUT2D eigenvalue weighted by Gasteiger charge is -2.06. The molecule has 0 aliphatic heterocycles. The Kier molecular flexibility index (Phi) is 3.17. The SMILES string of the molecule is COc1ccc(-c2ncccc2CO)cc1. The first-order valence-corrected chi connectivity index (χ1v) is 5.04. The van der Waals surface area contributed by atoms with Crippen LogP contribution in [0.15, 0.2) is 42.6 Å². The largest absolute Gasteiger partial charge is 0.497 e. The van der Waals surface area contributed by atoms with Gasteiger partial charge in [0.05, 0.1) is 19.4 Å². The van der Waals surface area contributed by atoms with Gasteiger partial charge >= 0.3 is 0 Å². The number of nitrogens with zero attached hydrogens (tertiary/aromatic N) is 1. The molecule has 82 valence electrons. The van der Waals surface area contributed by atoms with E-state index in [1.165, 1.54) is 0 Å². The molecule has 1 aromatic carbocycles. The molecule has 2 aromatic rings. The van der Waals surface area contributed by atoms with Gasteiger partial charge in [-0.2, -0.15) is 0 Å². The smallest absolute Gasteiger partial charge is 0.118 e. The molecule has 2 rings (SSSR count). The van der Waals surface area contributed by atoms with Gasteiger partial charge in [-0.1, -0.05) is 6.07 Å². The highest BCUT2D eigenvalue weighted by molar-refractivity contribution is 5.63. The Balaban J connectivity index is 2.42. The minimum Gasteiger partial charge on any atom is -0.497 e. The van der Waals surface area contributed by atoms with Crippen LogP contribution in [0, 0.1) is 0 Å². The van der Waals surface area contributed by atoms with Gasteiger partial charge in [0.25, 0.3) is 0 Å². The molecule has 3 nitrogen and oxygen atoms in total. The highest BCUT2D eigenvalue weighted by Gasteiger charge is 2.04. The average molecular weight is 215 g/mol. The van der Waals surface area contributed by atoms with Gasteiger partial charge in [-0.25, -0.2) is 0 Å². The number of hydrogen-bond donors (Lipinski definition) is 1. The van der Waals surface area contributed by atoms with E-state index >= 15 is 0 Å². The molecule has 3 heteroatoms.